The monoisotopic (exact) mass is 410 g/mol. The molecule has 7 nitrogen and oxygen atoms in total. The number of thioether (sulfide) groups is 1. The molecule has 1 aromatic heterocycles. The summed E-state index contributed by atoms with van der Waals surface area (Å²) in [5.74, 6) is 4.50. The lowest BCUT2D eigenvalue weighted by Gasteiger charge is -2.24. The van der Waals surface area contributed by atoms with Crippen molar-refractivity contribution in [3.8, 4) is 0 Å². The first-order valence-corrected chi connectivity index (χ1v) is 12.0. The molecule has 1 saturated carbocycles. The highest BCUT2D eigenvalue weighted by atomic mass is 32.2. The molecule has 1 aromatic rings. The number of rotatable bonds is 12. The molecule has 28 heavy (non-hydrogen) atoms. The molecule has 1 fully saturated rings. The summed E-state index contributed by atoms with van der Waals surface area (Å²) in [5.41, 5.74) is 0. The molecule has 1 aliphatic carbocycles. The predicted molar refractivity (Wildman–Crippen MR) is 118 cm³/mol. The van der Waals surface area contributed by atoms with Gasteiger partial charge in [0.15, 0.2) is 11.8 Å². The van der Waals surface area contributed by atoms with Gasteiger partial charge in [0.1, 0.15) is 12.4 Å². The van der Waals surface area contributed by atoms with Gasteiger partial charge in [-0.15, -0.1) is 10.2 Å². The highest BCUT2D eigenvalue weighted by molar-refractivity contribution is 7.98. The first-order chi connectivity index (χ1) is 13.7. The van der Waals surface area contributed by atoms with Crippen LogP contribution in [0.15, 0.2) is 4.99 Å². The van der Waals surface area contributed by atoms with Crippen LogP contribution in [0.4, 0.5) is 0 Å². The zero-order valence-electron chi connectivity index (χ0n) is 18.0. The summed E-state index contributed by atoms with van der Waals surface area (Å²) in [6.45, 7) is 7.15. The Morgan fingerprint density at radius 1 is 1.29 bits per heavy atom. The van der Waals surface area contributed by atoms with Crippen molar-refractivity contribution in [1.29, 1.82) is 0 Å². The first-order valence-electron chi connectivity index (χ1n) is 10.6. The smallest absolute Gasteiger partial charge is 0.191 e. The summed E-state index contributed by atoms with van der Waals surface area (Å²) in [6, 6.07) is 0. The average Bonchev–Trinajstić information content (AvgIpc) is 3.33. The van der Waals surface area contributed by atoms with Gasteiger partial charge in [0, 0.05) is 26.7 Å². The van der Waals surface area contributed by atoms with Crippen molar-refractivity contribution < 1.29 is 4.74 Å². The van der Waals surface area contributed by atoms with E-state index in [0.717, 1.165) is 61.8 Å². The molecule has 1 aliphatic rings. The number of aliphatic imine (C=N–C) groups is 1. The molecular weight excluding hydrogens is 372 g/mol. The second-order valence-electron chi connectivity index (χ2n) is 7.41. The van der Waals surface area contributed by atoms with Crippen LogP contribution in [0.2, 0.25) is 0 Å². The topological polar surface area (TPSA) is 76.4 Å². The number of ether oxygens (including phenoxy) is 1. The van der Waals surface area contributed by atoms with Crippen LogP contribution in [0.3, 0.4) is 0 Å². The van der Waals surface area contributed by atoms with Gasteiger partial charge < -0.3 is 19.9 Å². The molecular formula is C20H38N6OS. The molecule has 8 heteroatoms. The van der Waals surface area contributed by atoms with Crippen LogP contribution in [0, 0.1) is 12.8 Å². The van der Waals surface area contributed by atoms with E-state index >= 15 is 0 Å². The Morgan fingerprint density at radius 2 is 2.04 bits per heavy atom. The van der Waals surface area contributed by atoms with Crippen molar-refractivity contribution in [2.75, 3.05) is 31.7 Å². The Hall–Kier alpha value is -1.28. The minimum Gasteiger partial charge on any atom is -0.378 e. The third kappa shape index (κ3) is 7.62. The SMILES string of the molecule is CCOC(CCNC(=NCc1nnc(C)n1C)NCCCSC)C1CCCC1. The first kappa shape index (κ1) is 23.0. The Balaban J connectivity index is 1.88. The van der Waals surface area contributed by atoms with Gasteiger partial charge in [-0.05, 0) is 57.5 Å². The normalized spacial score (nSPS) is 16.5. The van der Waals surface area contributed by atoms with Crippen molar-refractivity contribution in [1.82, 2.24) is 25.4 Å². The summed E-state index contributed by atoms with van der Waals surface area (Å²) in [5, 5.41) is 15.3. The van der Waals surface area contributed by atoms with Crippen LogP contribution in [-0.4, -0.2) is 58.5 Å². The summed E-state index contributed by atoms with van der Waals surface area (Å²) >= 11 is 1.87. The molecule has 0 saturated heterocycles. The highest BCUT2D eigenvalue weighted by Crippen LogP contribution is 2.30. The summed E-state index contributed by atoms with van der Waals surface area (Å²) in [6.07, 6.45) is 9.96. The van der Waals surface area contributed by atoms with E-state index in [2.05, 4.69) is 34.0 Å². The van der Waals surface area contributed by atoms with Gasteiger partial charge >= 0.3 is 0 Å². The Morgan fingerprint density at radius 3 is 2.68 bits per heavy atom. The molecule has 0 amide bonds. The van der Waals surface area contributed by atoms with Crippen LogP contribution in [0.1, 0.15) is 57.1 Å². The fourth-order valence-electron chi connectivity index (χ4n) is 3.67. The van der Waals surface area contributed by atoms with Crippen molar-refractivity contribution in [3.05, 3.63) is 11.6 Å². The zero-order valence-corrected chi connectivity index (χ0v) is 18.9. The van der Waals surface area contributed by atoms with Gasteiger partial charge in [-0.3, -0.25) is 0 Å². The predicted octanol–water partition coefficient (Wildman–Crippen LogP) is 2.90. The van der Waals surface area contributed by atoms with Crippen LogP contribution < -0.4 is 10.6 Å². The zero-order chi connectivity index (χ0) is 20.2. The minimum absolute atomic E-state index is 0.360. The molecule has 1 atom stereocenters. The van der Waals surface area contributed by atoms with Crippen LogP contribution in [-0.2, 0) is 18.3 Å². The maximum Gasteiger partial charge on any atom is 0.191 e. The van der Waals surface area contributed by atoms with Crippen molar-refractivity contribution in [2.24, 2.45) is 18.0 Å². The van der Waals surface area contributed by atoms with Gasteiger partial charge in [0.05, 0.1) is 6.10 Å². The minimum atomic E-state index is 0.360. The largest absolute Gasteiger partial charge is 0.378 e. The number of hydrogen-bond acceptors (Lipinski definition) is 5. The van der Waals surface area contributed by atoms with Crippen molar-refractivity contribution >= 4 is 17.7 Å². The van der Waals surface area contributed by atoms with Gasteiger partial charge in [-0.2, -0.15) is 11.8 Å². The van der Waals surface area contributed by atoms with Gasteiger partial charge in [-0.1, -0.05) is 12.8 Å². The second kappa shape index (κ2) is 13.0. The molecule has 0 bridgehead atoms. The number of nitrogens with one attached hydrogen (secondary N) is 2. The number of hydrogen-bond donors (Lipinski definition) is 2. The quantitative estimate of drug-likeness (QED) is 0.313. The van der Waals surface area contributed by atoms with E-state index in [-0.39, 0.29) is 0 Å². The molecule has 2 N–H and O–H groups in total. The van der Waals surface area contributed by atoms with E-state index < -0.39 is 0 Å². The molecule has 0 spiro atoms. The third-order valence-electron chi connectivity index (χ3n) is 5.41. The van der Waals surface area contributed by atoms with Crippen LogP contribution in [0.5, 0.6) is 0 Å². The van der Waals surface area contributed by atoms with Gasteiger partial charge in [-0.25, -0.2) is 4.99 Å². The van der Waals surface area contributed by atoms with E-state index in [4.69, 9.17) is 9.73 Å². The Kier molecular flexibility index (Phi) is 10.7. The molecule has 1 unspecified atom stereocenters. The fourth-order valence-corrected chi connectivity index (χ4v) is 4.10. The molecule has 1 heterocycles. The van der Waals surface area contributed by atoms with E-state index in [0.29, 0.717) is 12.6 Å². The van der Waals surface area contributed by atoms with Crippen LogP contribution in [0.25, 0.3) is 0 Å². The number of guanidine groups is 1. The van der Waals surface area contributed by atoms with Crippen molar-refractivity contribution in [3.63, 3.8) is 0 Å². The average molecular weight is 411 g/mol. The molecule has 160 valence electrons. The van der Waals surface area contributed by atoms with E-state index in [1.54, 1.807) is 0 Å². The molecule has 0 aromatic carbocycles. The molecule has 0 radical (unpaired) electrons. The maximum absolute atomic E-state index is 6.04. The van der Waals surface area contributed by atoms with Gasteiger partial charge in [0.25, 0.3) is 0 Å². The molecule has 0 aliphatic heterocycles. The van der Waals surface area contributed by atoms with Crippen LogP contribution >= 0.6 is 11.8 Å². The summed E-state index contributed by atoms with van der Waals surface area (Å²) < 4.78 is 8.03. The van der Waals surface area contributed by atoms with Gasteiger partial charge in [0.2, 0.25) is 0 Å². The van der Waals surface area contributed by atoms with E-state index in [1.165, 1.54) is 25.7 Å². The maximum atomic E-state index is 6.04. The standard InChI is InChI=1S/C20H38N6OS/c1-5-27-18(17-9-6-7-10-17)11-13-22-20(21-12-8-14-28-4)23-15-19-25-24-16(2)26(19)3/h17-18H,5-15H2,1-4H3,(H2,21,22,23). The summed E-state index contributed by atoms with van der Waals surface area (Å²) in [7, 11) is 1.98. The lowest BCUT2D eigenvalue weighted by molar-refractivity contribution is 0.0169. The third-order valence-corrected chi connectivity index (χ3v) is 6.10. The number of nitrogens with zero attached hydrogens (tertiary/aromatic N) is 4. The number of aryl methyl sites for hydroxylation is 1. The lowest BCUT2D eigenvalue weighted by Crippen LogP contribution is -2.40. The summed E-state index contributed by atoms with van der Waals surface area (Å²) in [4.78, 5) is 4.73. The van der Waals surface area contributed by atoms with E-state index in [9.17, 15) is 0 Å². The second-order valence-corrected chi connectivity index (χ2v) is 8.40. The number of aromatic nitrogens is 3. The Labute approximate surface area is 174 Å². The molecule has 2 rings (SSSR count). The Bertz CT molecular complexity index is 585. The lowest BCUT2D eigenvalue weighted by atomic mass is 9.98. The van der Waals surface area contributed by atoms with Crippen molar-refractivity contribution in [2.45, 2.75) is 65.0 Å². The fraction of sp³-hybridized carbons (Fsp3) is 0.850. The highest BCUT2D eigenvalue weighted by Gasteiger charge is 2.25. The van der Waals surface area contributed by atoms with E-state index in [1.807, 2.05) is 30.3 Å².